The van der Waals surface area contributed by atoms with Gasteiger partial charge in [-0.1, -0.05) is 69.6 Å². The van der Waals surface area contributed by atoms with Crippen molar-refractivity contribution in [1.82, 2.24) is 0 Å². The Labute approximate surface area is 127 Å². The highest BCUT2D eigenvalue weighted by Crippen LogP contribution is 2.32. The maximum Gasteiger partial charge on any atom is 0.0412 e. The van der Waals surface area contributed by atoms with Crippen molar-refractivity contribution >= 4 is 11.6 Å². The van der Waals surface area contributed by atoms with E-state index in [4.69, 9.17) is 11.6 Å². The van der Waals surface area contributed by atoms with Crippen molar-refractivity contribution in [3.8, 4) is 11.1 Å². The summed E-state index contributed by atoms with van der Waals surface area (Å²) >= 11 is 6.20. The minimum Gasteiger partial charge on any atom is -0.0843 e. The average molecular weight is 287 g/mol. The molecule has 2 aromatic carbocycles. The van der Waals surface area contributed by atoms with Crippen molar-refractivity contribution in [3.63, 3.8) is 0 Å². The summed E-state index contributed by atoms with van der Waals surface area (Å²) in [5, 5.41) is 0.804. The van der Waals surface area contributed by atoms with E-state index in [0.717, 1.165) is 11.4 Å². The molecular weight excluding hydrogens is 264 g/mol. The van der Waals surface area contributed by atoms with Crippen LogP contribution in [0.1, 0.15) is 44.7 Å². The molecule has 0 bridgehead atoms. The molecule has 0 saturated heterocycles. The first-order valence-electron chi connectivity index (χ1n) is 7.36. The topological polar surface area (TPSA) is 0 Å². The second-order valence-electron chi connectivity index (χ2n) is 6.18. The van der Waals surface area contributed by atoms with Gasteiger partial charge in [0.1, 0.15) is 0 Å². The van der Waals surface area contributed by atoms with E-state index in [9.17, 15) is 0 Å². The summed E-state index contributed by atoms with van der Waals surface area (Å²) in [4.78, 5) is 0. The molecular formula is C19H23Cl. The molecule has 106 valence electrons. The van der Waals surface area contributed by atoms with Crippen LogP contribution in [0.3, 0.4) is 0 Å². The maximum atomic E-state index is 6.20. The third-order valence-corrected chi connectivity index (χ3v) is 3.75. The van der Waals surface area contributed by atoms with E-state index in [2.05, 4.69) is 64.1 Å². The van der Waals surface area contributed by atoms with Gasteiger partial charge in [-0.05, 0) is 52.6 Å². The van der Waals surface area contributed by atoms with Crippen molar-refractivity contribution in [2.75, 3.05) is 0 Å². The van der Waals surface area contributed by atoms with E-state index < -0.39 is 0 Å². The van der Waals surface area contributed by atoms with Crippen molar-refractivity contribution in [2.45, 2.75) is 40.0 Å². The van der Waals surface area contributed by atoms with Gasteiger partial charge in [0.15, 0.2) is 0 Å². The molecule has 0 radical (unpaired) electrons. The Bertz CT molecular complexity index is 582. The minimum absolute atomic E-state index is 0.496. The molecule has 2 aromatic rings. The van der Waals surface area contributed by atoms with E-state index in [0.29, 0.717) is 11.8 Å². The zero-order valence-corrected chi connectivity index (χ0v) is 13.5. The molecule has 0 amide bonds. The van der Waals surface area contributed by atoms with Gasteiger partial charge in [-0.25, -0.2) is 0 Å². The first-order valence-corrected chi connectivity index (χ1v) is 7.74. The molecule has 0 aliphatic rings. The number of hydrogen-bond acceptors (Lipinski definition) is 0. The molecule has 0 saturated carbocycles. The molecule has 0 heterocycles. The fourth-order valence-electron chi connectivity index (χ4n) is 2.62. The highest BCUT2D eigenvalue weighted by Gasteiger charge is 2.10. The summed E-state index contributed by atoms with van der Waals surface area (Å²) in [5.41, 5.74) is 5.29. The van der Waals surface area contributed by atoms with Crippen LogP contribution in [0.25, 0.3) is 11.1 Å². The largest absolute Gasteiger partial charge is 0.0843 e. The fraction of sp³-hybridized carbons (Fsp3) is 0.368. The number of rotatable bonds is 4. The van der Waals surface area contributed by atoms with Crippen LogP contribution in [-0.2, 0) is 6.42 Å². The highest BCUT2D eigenvalue weighted by atomic mass is 35.5. The lowest BCUT2D eigenvalue weighted by molar-refractivity contribution is 0.647. The van der Waals surface area contributed by atoms with Gasteiger partial charge in [0.25, 0.3) is 0 Å². The molecule has 0 atom stereocenters. The smallest absolute Gasteiger partial charge is 0.0412 e. The fourth-order valence-corrected chi connectivity index (χ4v) is 2.79. The minimum atomic E-state index is 0.496. The average Bonchev–Trinajstić information content (AvgIpc) is 2.37. The van der Waals surface area contributed by atoms with Gasteiger partial charge in [0.05, 0.1) is 0 Å². The predicted octanol–water partition coefficient (Wildman–Crippen LogP) is 6.33. The summed E-state index contributed by atoms with van der Waals surface area (Å²) in [6.45, 7) is 8.96. The molecule has 0 aliphatic carbocycles. The number of hydrogen-bond donors (Lipinski definition) is 0. The Morgan fingerprint density at radius 2 is 1.70 bits per heavy atom. The Morgan fingerprint density at radius 3 is 2.35 bits per heavy atom. The molecule has 20 heavy (non-hydrogen) atoms. The monoisotopic (exact) mass is 286 g/mol. The summed E-state index contributed by atoms with van der Waals surface area (Å²) in [6.07, 6.45) is 1.12. The van der Waals surface area contributed by atoms with Crippen LogP contribution in [0.15, 0.2) is 42.5 Å². The Kier molecular flexibility index (Phi) is 4.88. The van der Waals surface area contributed by atoms with E-state index >= 15 is 0 Å². The molecule has 0 aromatic heterocycles. The molecule has 0 nitrogen and oxygen atoms in total. The lowest BCUT2D eigenvalue weighted by Gasteiger charge is -2.15. The maximum absolute atomic E-state index is 6.20. The van der Waals surface area contributed by atoms with Crippen molar-refractivity contribution < 1.29 is 0 Å². The van der Waals surface area contributed by atoms with Crippen LogP contribution in [0.2, 0.25) is 5.02 Å². The van der Waals surface area contributed by atoms with Gasteiger partial charge in [-0.15, -0.1) is 0 Å². The van der Waals surface area contributed by atoms with Gasteiger partial charge in [-0.2, -0.15) is 0 Å². The first kappa shape index (κ1) is 15.1. The van der Waals surface area contributed by atoms with Crippen LogP contribution in [0, 0.1) is 5.92 Å². The van der Waals surface area contributed by atoms with Crippen LogP contribution in [0.4, 0.5) is 0 Å². The van der Waals surface area contributed by atoms with Crippen LogP contribution >= 0.6 is 11.6 Å². The second-order valence-corrected chi connectivity index (χ2v) is 6.62. The van der Waals surface area contributed by atoms with Gasteiger partial charge < -0.3 is 0 Å². The lowest BCUT2D eigenvalue weighted by Crippen LogP contribution is -1.96. The van der Waals surface area contributed by atoms with Crippen molar-refractivity contribution in [1.29, 1.82) is 0 Å². The summed E-state index contributed by atoms with van der Waals surface area (Å²) in [7, 11) is 0. The standard InChI is InChI=1S/C19H23Cl/c1-13(2)10-15-6-5-7-16(11-15)19-12-17(20)8-9-18(19)14(3)4/h5-9,11-14H,10H2,1-4H3. The molecule has 0 fully saturated rings. The number of benzene rings is 2. The van der Waals surface area contributed by atoms with Gasteiger partial charge in [-0.3, -0.25) is 0 Å². The Morgan fingerprint density at radius 1 is 0.950 bits per heavy atom. The molecule has 1 heteroatoms. The summed E-state index contributed by atoms with van der Waals surface area (Å²) in [5.74, 6) is 1.17. The van der Waals surface area contributed by atoms with Gasteiger partial charge in [0, 0.05) is 5.02 Å². The quantitative estimate of drug-likeness (QED) is 0.616. The van der Waals surface area contributed by atoms with Crippen LogP contribution in [-0.4, -0.2) is 0 Å². The normalized spacial score (nSPS) is 11.3. The van der Waals surface area contributed by atoms with E-state index in [1.54, 1.807) is 0 Å². The van der Waals surface area contributed by atoms with Gasteiger partial charge in [0.2, 0.25) is 0 Å². The Balaban J connectivity index is 2.48. The zero-order chi connectivity index (χ0) is 14.7. The molecule has 0 aliphatic heterocycles. The van der Waals surface area contributed by atoms with E-state index in [1.165, 1.54) is 22.3 Å². The van der Waals surface area contributed by atoms with E-state index in [1.807, 2.05) is 6.07 Å². The molecule has 0 spiro atoms. The summed E-state index contributed by atoms with van der Waals surface area (Å²) < 4.78 is 0. The zero-order valence-electron chi connectivity index (χ0n) is 12.8. The lowest BCUT2D eigenvalue weighted by atomic mass is 9.91. The van der Waals surface area contributed by atoms with Crippen molar-refractivity contribution in [3.05, 3.63) is 58.6 Å². The van der Waals surface area contributed by atoms with Crippen molar-refractivity contribution in [2.24, 2.45) is 5.92 Å². The molecule has 0 N–H and O–H groups in total. The SMILES string of the molecule is CC(C)Cc1cccc(-c2cc(Cl)ccc2C(C)C)c1. The predicted molar refractivity (Wildman–Crippen MR) is 89.5 cm³/mol. The molecule has 2 rings (SSSR count). The Hall–Kier alpha value is -1.27. The summed E-state index contributed by atoms with van der Waals surface area (Å²) in [6, 6.07) is 15.1. The van der Waals surface area contributed by atoms with Crippen LogP contribution in [0.5, 0.6) is 0 Å². The number of halogens is 1. The van der Waals surface area contributed by atoms with Gasteiger partial charge >= 0.3 is 0 Å². The molecule has 0 unspecified atom stereocenters. The second kappa shape index (κ2) is 6.45. The third kappa shape index (κ3) is 3.64. The first-order chi connectivity index (χ1) is 9.47. The highest BCUT2D eigenvalue weighted by molar-refractivity contribution is 6.30. The third-order valence-electron chi connectivity index (χ3n) is 3.52. The van der Waals surface area contributed by atoms with Crippen LogP contribution < -0.4 is 0 Å². The van der Waals surface area contributed by atoms with E-state index in [-0.39, 0.29) is 0 Å².